The molecule has 1 aliphatic rings. The van der Waals surface area contributed by atoms with Crippen LogP contribution in [0.1, 0.15) is 12.1 Å². The molecule has 5 heteroatoms. The van der Waals surface area contributed by atoms with Crippen LogP contribution in [0.5, 0.6) is 0 Å². The minimum Gasteiger partial charge on any atom is -0.336 e. The molecule has 1 aliphatic heterocycles. The van der Waals surface area contributed by atoms with E-state index < -0.39 is 0 Å². The quantitative estimate of drug-likeness (QED) is 0.844. The average molecular weight is 244 g/mol. The Labute approximate surface area is 105 Å². The molecule has 1 amide bonds. The number of imidazole rings is 1. The highest BCUT2D eigenvalue weighted by Crippen LogP contribution is 2.09. The Bertz CT molecular complexity index is 530. The van der Waals surface area contributed by atoms with Gasteiger partial charge < -0.3 is 14.6 Å². The van der Waals surface area contributed by atoms with Crippen molar-refractivity contribution < 1.29 is 4.79 Å². The summed E-state index contributed by atoms with van der Waals surface area (Å²) in [6.45, 7) is 2.75. The van der Waals surface area contributed by atoms with E-state index in [1.807, 2.05) is 39.9 Å². The van der Waals surface area contributed by atoms with Crippen LogP contribution in [0, 0.1) is 0 Å². The molecule has 3 heterocycles. The Balaban J connectivity index is 1.80. The summed E-state index contributed by atoms with van der Waals surface area (Å²) in [6.07, 6.45) is 4.96. The third kappa shape index (κ3) is 2.22. The van der Waals surface area contributed by atoms with E-state index in [1.165, 1.54) is 0 Å². The summed E-state index contributed by atoms with van der Waals surface area (Å²) in [6, 6.07) is 5.90. The van der Waals surface area contributed by atoms with E-state index >= 15 is 0 Å². The lowest BCUT2D eigenvalue weighted by Crippen LogP contribution is -2.34. The molecule has 94 valence electrons. The number of hydrogen-bond donors (Lipinski definition) is 1. The van der Waals surface area contributed by atoms with Crippen molar-refractivity contribution in [3.63, 3.8) is 0 Å². The van der Waals surface area contributed by atoms with Crippen LogP contribution in [0.2, 0.25) is 0 Å². The number of nitrogens with one attached hydrogen (secondary N) is 1. The Morgan fingerprint density at radius 2 is 2.33 bits per heavy atom. The van der Waals surface area contributed by atoms with Gasteiger partial charge in [-0.05, 0) is 25.1 Å². The zero-order chi connectivity index (χ0) is 12.4. The topological polar surface area (TPSA) is 49.6 Å². The molecule has 0 radical (unpaired) electrons. The molecule has 0 atom stereocenters. The molecule has 1 saturated heterocycles. The zero-order valence-electron chi connectivity index (χ0n) is 10.2. The maximum absolute atomic E-state index is 11.9. The summed E-state index contributed by atoms with van der Waals surface area (Å²) >= 11 is 0. The van der Waals surface area contributed by atoms with Gasteiger partial charge in [-0.15, -0.1) is 0 Å². The Hall–Kier alpha value is -1.88. The third-order valence-electron chi connectivity index (χ3n) is 3.18. The van der Waals surface area contributed by atoms with Crippen molar-refractivity contribution in [3.8, 4) is 0 Å². The summed E-state index contributed by atoms with van der Waals surface area (Å²) in [5.41, 5.74) is 1.87. The first-order chi connectivity index (χ1) is 8.83. The number of carbonyl (C=O) groups excluding carboxylic acids is 1. The van der Waals surface area contributed by atoms with E-state index in [0.29, 0.717) is 13.1 Å². The minimum atomic E-state index is 0.157. The fraction of sp³-hybridized carbons (Fsp3) is 0.385. The molecule has 0 saturated carbocycles. The molecule has 0 spiro atoms. The van der Waals surface area contributed by atoms with Crippen molar-refractivity contribution in [1.29, 1.82) is 0 Å². The highest BCUT2D eigenvalue weighted by atomic mass is 16.2. The molecule has 3 rings (SSSR count). The average Bonchev–Trinajstić information content (AvgIpc) is 2.68. The van der Waals surface area contributed by atoms with Gasteiger partial charge in [-0.25, -0.2) is 4.98 Å². The second kappa shape index (κ2) is 4.78. The second-order valence-corrected chi connectivity index (χ2v) is 4.54. The number of pyridine rings is 1. The van der Waals surface area contributed by atoms with E-state index in [4.69, 9.17) is 0 Å². The second-order valence-electron chi connectivity index (χ2n) is 4.54. The number of amides is 1. The smallest absolute Gasteiger partial charge is 0.236 e. The lowest BCUT2D eigenvalue weighted by molar-refractivity contribution is -0.130. The summed E-state index contributed by atoms with van der Waals surface area (Å²) in [4.78, 5) is 18.3. The first-order valence-corrected chi connectivity index (χ1v) is 6.24. The molecule has 0 aliphatic carbocycles. The van der Waals surface area contributed by atoms with Gasteiger partial charge in [0.2, 0.25) is 5.91 Å². The highest BCUT2D eigenvalue weighted by Gasteiger charge is 2.17. The summed E-state index contributed by atoms with van der Waals surface area (Å²) < 4.78 is 1.98. The van der Waals surface area contributed by atoms with Gasteiger partial charge in [0.15, 0.2) is 0 Å². The van der Waals surface area contributed by atoms with E-state index in [-0.39, 0.29) is 5.91 Å². The van der Waals surface area contributed by atoms with E-state index in [2.05, 4.69) is 10.3 Å². The number of rotatable bonds is 2. The molecule has 0 unspecified atom stereocenters. The maximum Gasteiger partial charge on any atom is 0.236 e. The van der Waals surface area contributed by atoms with Crippen molar-refractivity contribution in [2.24, 2.45) is 0 Å². The molecule has 18 heavy (non-hydrogen) atoms. The summed E-state index contributed by atoms with van der Waals surface area (Å²) in [5, 5.41) is 3.12. The SMILES string of the molecule is O=C1CNCCCN1Cc1cn2ccccc2n1. The van der Waals surface area contributed by atoms with Crippen LogP contribution in [0.25, 0.3) is 5.65 Å². The Morgan fingerprint density at radius 3 is 3.22 bits per heavy atom. The van der Waals surface area contributed by atoms with Crippen molar-refractivity contribution in [3.05, 3.63) is 36.3 Å². The van der Waals surface area contributed by atoms with Crippen LogP contribution in [0.3, 0.4) is 0 Å². The largest absolute Gasteiger partial charge is 0.336 e. The van der Waals surface area contributed by atoms with Crippen LogP contribution >= 0.6 is 0 Å². The fourth-order valence-electron chi connectivity index (χ4n) is 2.25. The minimum absolute atomic E-state index is 0.157. The first kappa shape index (κ1) is 11.2. The molecular weight excluding hydrogens is 228 g/mol. The monoisotopic (exact) mass is 244 g/mol. The van der Waals surface area contributed by atoms with E-state index in [9.17, 15) is 4.79 Å². The van der Waals surface area contributed by atoms with Gasteiger partial charge in [0, 0.05) is 18.9 Å². The van der Waals surface area contributed by atoms with Gasteiger partial charge in [-0.1, -0.05) is 6.07 Å². The summed E-state index contributed by atoms with van der Waals surface area (Å²) in [5.74, 6) is 0.157. The molecule has 5 nitrogen and oxygen atoms in total. The van der Waals surface area contributed by atoms with Crippen LogP contribution in [0.4, 0.5) is 0 Å². The number of hydrogen-bond acceptors (Lipinski definition) is 3. The third-order valence-corrected chi connectivity index (χ3v) is 3.18. The van der Waals surface area contributed by atoms with Crippen LogP contribution in [-0.2, 0) is 11.3 Å². The van der Waals surface area contributed by atoms with Gasteiger partial charge in [-0.3, -0.25) is 4.79 Å². The number of nitrogens with zero attached hydrogens (tertiary/aromatic N) is 3. The number of fused-ring (bicyclic) bond motifs is 1. The zero-order valence-corrected chi connectivity index (χ0v) is 10.2. The fourth-order valence-corrected chi connectivity index (χ4v) is 2.25. The number of aromatic nitrogens is 2. The number of carbonyl (C=O) groups is 1. The molecule has 1 N–H and O–H groups in total. The van der Waals surface area contributed by atoms with Gasteiger partial charge in [0.25, 0.3) is 0 Å². The highest BCUT2D eigenvalue weighted by molar-refractivity contribution is 5.78. The Kier molecular flexibility index (Phi) is 2.98. The van der Waals surface area contributed by atoms with Crippen molar-refractivity contribution in [2.45, 2.75) is 13.0 Å². The van der Waals surface area contributed by atoms with Crippen molar-refractivity contribution in [2.75, 3.05) is 19.6 Å². The predicted molar refractivity (Wildman–Crippen MR) is 68.1 cm³/mol. The maximum atomic E-state index is 11.9. The van der Waals surface area contributed by atoms with E-state index in [1.54, 1.807) is 0 Å². The van der Waals surface area contributed by atoms with Crippen LogP contribution in [-0.4, -0.2) is 39.8 Å². The van der Waals surface area contributed by atoms with Crippen LogP contribution in [0.15, 0.2) is 30.6 Å². The molecular formula is C13H16N4O. The molecule has 0 bridgehead atoms. The van der Waals surface area contributed by atoms with Gasteiger partial charge in [-0.2, -0.15) is 0 Å². The lowest BCUT2D eigenvalue weighted by Gasteiger charge is -2.18. The van der Waals surface area contributed by atoms with Gasteiger partial charge >= 0.3 is 0 Å². The molecule has 0 aromatic carbocycles. The summed E-state index contributed by atoms with van der Waals surface area (Å²) in [7, 11) is 0. The Morgan fingerprint density at radius 1 is 1.39 bits per heavy atom. The molecule has 2 aromatic rings. The van der Waals surface area contributed by atoms with Gasteiger partial charge in [0.1, 0.15) is 5.65 Å². The van der Waals surface area contributed by atoms with Crippen LogP contribution < -0.4 is 5.32 Å². The van der Waals surface area contributed by atoms with Crippen molar-refractivity contribution >= 4 is 11.6 Å². The molecule has 2 aromatic heterocycles. The normalized spacial score (nSPS) is 17.1. The molecule has 1 fully saturated rings. The van der Waals surface area contributed by atoms with Gasteiger partial charge in [0.05, 0.1) is 18.8 Å². The lowest BCUT2D eigenvalue weighted by atomic mass is 10.3. The first-order valence-electron chi connectivity index (χ1n) is 6.24. The standard InChI is InChI=1S/C13H16N4O/c18-13-8-14-5-3-7-17(13)10-11-9-16-6-2-1-4-12(16)15-11/h1-2,4,6,9,14H,3,5,7-8,10H2. The van der Waals surface area contributed by atoms with Crippen molar-refractivity contribution in [1.82, 2.24) is 19.6 Å². The van der Waals surface area contributed by atoms with E-state index in [0.717, 1.165) is 30.9 Å². The predicted octanol–water partition coefficient (Wildman–Crippen LogP) is 0.656.